The fourth-order valence-corrected chi connectivity index (χ4v) is 2.47. The molecular weight excluding hydrogens is 276 g/mol. The number of ether oxygens (including phenoxy) is 2. The van der Waals surface area contributed by atoms with Crippen LogP contribution in [0.2, 0.25) is 0 Å². The van der Waals surface area contributed by atoms with Gasteiger partial charge in [-0.1, -0.05) is 0 Å². The lowest BCUT2D eigenvalue weighted by Crippen LogP contribution is -2.15. The molecule has 1 aromatic heterocycles. The zero-order valence-electron chi connectivity index (χ0n) is 11.2. The summed E-state index contributed by atoms with van der Waals surface area (Å²) in [5, 5.41) is 5.52. The van der Waals surface area contributed by atoms with Crippen molar-refractivity contribution in [1.82, 2.24) is 4.98 Å². The normalized spacial score (nSPS) is 13.4. The van der Waals surface area contributed by atoms with E-state index in [0.29, 0.717) is 19.1 Å². The first kappa shape index (κ1) is 13.3. The van der Waals surface area contributed by atoms with Crippen LogP contribution in [0, 0.1) is 0 Å². The molecule has 0 atom stereocenters. The quantitative estimate of drug-likeness (QED) is 0.677. The summed E-state index contributed by atoms with van der Waals surface area (Å²) in [6, 6.07) is 5.99. The summed E-state index contributed by atoms with van der Waals surface area (Å²) in [4.78, 5) is 4.41. The molecule has 4 nitrogen and oxygen atoms in total. The number of rotatable bonds is 5. The third-order valence-electron chi connectivity index (χ3n) is 3.28. The van der Waals surface area contributed by atoms with Gasteiger partial charge in [0.1, 0.15) is 19.0 Å². The Kier molecular flexibility index (Phi) is 4.11. The monoisotopic (exact) mass is 292 g/mol. The number of pyridine rings is 1. The van der Waals surface area contributed by atoms with E-state index in [2.05, 4.69) is 10.3 Å². The maximum atomic E-state index is 5.68. The molecule has 0 aliphatic carbocycles. The second kappa shape index (κ2) is 6.18. The van der Waals surface area contributed by atoms with Gasteiger partial charge in [-0.05, 0) is 36.4 Å². The zero-order valence-corrected chi connectivity index (χ0v) is 11.9. The van der Waals surface area contributed by atoms with E-state index in [-0.39, 0.29) is 0 Å². The van der Waals surface area contributed by atoms with Gasteiger partial charge in [0, 0.05) is 24.0 Å². The minimum atomic E-state index is 0.594. The summed E-state index contributed by atoms with van der Waals surface area (Å²) in [5.74, 6) is 3.18. The van der Waals surface area contributed by atoms with Gasteiger partial charge < -0.3 is 14.8 Å². The van der Waals surface area contributed by atoms with Crippen molar-refractivity contribution in [3.05, 3.63) is 24.4 Å². The van der Waals surface area contributed by atoms with Crippen molar-refractivity contribution in [1.29, 1.82) is 0 Å². The summed E-state index contributed by atoms with van der Waals surface area (Å²) in [6.07, 6.45) is 3.85. The van der Waals surface area contributed by atoms with E-state index >= 15 is 0 Å². The number of anilines is 1. The highest BCUT2D eigenvalue weighted by Gasteiger charge is 2.14. The first-order chi connectivity index (χ1) is 9.88. The molecular formula is C15H17ClN2O2. The smallest absolute Gasteiger partial charge is 0.162 e. The number of aromatic nitrogens is 1. The van der Waals surface area contributed by atoms with Gasteiger partial charge in [-0.15, -0.1) is 11.6 Å². The molecule has 3 rings (SSSR count). The van der Waals surface area contributed by atoms with Crippen LogP contribution in [0.4, 0.5) is 5.82 Å². The van der Waals surface area contributed by atoms with Gasteiger partial charge in [0.2, 0.25) is 0 Å². The number of nitrogens with zero attached hydrogens (tertiary/aromatic N) is 1. The molecule has 0 saturated heterocycles. The number of benzene rings is 1. The summed E-state index contributed by atoms with van der Waals surface area (Å²) < 4.78 is 11.2. The van der Waals surface area contributed by atoms with E-state index in [1.54, 1.807) is 0 Å². The molecule has 0 fully saturated rings. The minimum Gasteiger partial charge on any atom is -0.486 e. The highest BCUT2D eigenvalue weighted by atomic mass is 35.5. The summed E-state index contributed by atoms with van der Waals surface area (Å²) >= 11 is 5.68. The van der Waals surface area contributed by atoms with Crippen molar-refractivity contribution in [2.75, 3.05) is 31.0 Å². The minimum absolute atomic E-state index is 0.594. The van der Waals surface area contributed by atoms with E-state index < -0.39 is 0 Å². The molecule has 0 bridgehead atoms. The van der Waals surface area contributed by atoms with Crippen molar-refractivity contribution in [2.24, 2.45) is 0 Å². The van der Waals surface area contributed by atoms with Crippen molar-refractivity contribution in [3.8, 4) is 11.5 Å². The van der Waals surface area contributed by atoms with Crippen LogP contribution in [-0.4, -0.2) is 30.6 Å². The molecule has 1 aliphatic rings. The zero-order chi connectivity index (χ0) is 13.8. The molecule has 0 radical (unpaired) electrons. The highest BCUT2D eigenvalue weighted by molar-refractivity contribution is 6.17. The SMILES string of the molecule is ClCCCCNc1nccc2cc3c(cc12)OCCO3. The molecule has 1 aromatic carbocycles. The fourth-order valence-electron chi connectivity index (χ4n) is 2.28. The maximum Gasteiger partial charge on any atom is 0.162 e. The predicted molar refractivity (Wildman–Crippen MR) is 81.2 cm³/mol. The third-order valence-corrected chi connectivity index (χ3v) is 3.55. The number of nitrogens with one attached hydrogen (secondary N) is 1. The van der Waals surface area contributed by atoms with Crippen LogP contribution in [0.1, 0.15) is 12.8 Å². The van der Waals surface area contributed by atoms with E-state index in [1.165, 1.54) is 0 Å². The van der Waals surface area contributed by atoms with Crippen LogP contribution < -0.4 is 14.8 Å². The molecule has 0 saturated carbocycles. The average molecular weight is 293 g/mol. The Labute approximate surface area is 123 Å². The molecule has 106 valence electrons. The van der Waals surface area contributed by atoms with E-state index in [4.69, 9.17) is 21.1 Å². The van der Waals surface area contributed by atoms with Gasteiger partial charge in [-0.2, -0.15) is 0 Å². The van der Waals surface area contributed by atoms with Crippen LogP contribution >= 0.6 is 11.6 Å². The van der Waals surface area contributed by atoms with E-state index in [1.807, 2.05) is 24.4 Å². The second-order valence-electron chi connectivity index (χ2n) is 4.70. The largest absolute Gasteiger partial charge is 0.486 e. The van der Waals surface area contributed by atoms with Crippen LogP contribution in [-0.2, 0) is 0 Å². The molecule has 20 heavy (non-hydrogen) atoms. The Balaban J connectivity index is 1.88. The highest BCUT2D eigenvalue weighted by Crippen LogP contribution is 2.36. The molecule has 2 heterocycles. The maximum absolute atomic E-state index is 5.68. The molecule has 1 N–H and O–H groups in total. The average Bonchev–Trinajstić information content (AvgIpc) is 2.50. The standard InChI is InChI=1S/C15H17ClN2O2/c16-4-1-2-5-17-15-12-10-14-13(19-7-8-20-14)9-11(12)3-6-18-15/h3,6,9-10H,1-2,4-5,7-8H2,(H,17,18). The number of fused-ring (bicyclic) bond motifs is 2. The summed E-state index contributed by atoms with van der Waals surface area (Å²) in [5.41, 5.74) is 0. The lowest BCUT2D eigenvalue weighted by atomic mass is 10.1. The summed E-state index contributed by atoms with van der Waals surface area (Å²) in [6.45, 7) is 2.07. The number of hydrogen-bond donors (Lipinski definition) is 1. The van der Waals surface area contributed by atoms with Gasteiger partial charge in [-0.3, -0.25) is 0 Å². The predicted octanol–water partition coefficient (Wildman–Crippen LogP) is 3.44. The van der Waals surface area contributed by atoms with E-state index in [0.717, 1.165) is 47.5 Å². The first-order valence-corrected chi connectivity index (χ1v) is 7.40. The Morgan fingerprint density at radius 2 is 1.95 bits per heavy atom. The van der Waals surface area contributed by atoms with Crippen molar-refractivity contribution in [2.45, 2.75) is 12.8 Å². The number of alkyl halides is 1. The third kappa shape index (κ3) is 2.75. The van der Waals surface area contributed by atoms with Crippen LogP contribution in [0.15, 0.2) is 24.4 Å². The lowest BCUT2D eigenvalue weighted by Gasteiger charge is -2.19. The summed E-state index contributed by atoms with van der Waals surface area (Å²) in [7, 11) is 0. The molecule has 0 unspecified atom stereocenters. The Morgan fingerprint density at radius 1 is 1.15 bits per heavy atom. The molecule has 5 heteroatoms. The van der Waals surface area contributed by atoms with Crippen molar-refractivity contribution >= 4 is 28.2 Å². The van der Waals surface area contributed by atoms with Crippen LogP contribution in [0.5, 0.6) is 11.5 Å². The molecule has 1 aliphatic heterocycles. The second-order valence-corrected chi connectivity index (χ2v) is 5.08. The van der Waals surface area contributed by atoms with Crippen LogP contribution in [0.3, 0.4) is 0 Å². The Bertz CT molecular complexity index is 604. The molecule has 2 aromatic rings. The van der Waals surface area contributed by atoms with E-state index in [9.17, 15) is 0 Å². The van der Waals surface area contributed by atoms with Gasteiger partial charge in [-0.25, -0.2) is 4.98 Å². The first-order valence-electron chi connectivity index (χ1n) is 6.86. The van der Waals surface area contributed by atoms with Crippen LogP contribution in [0.25, 0.3) is 10.8 Å². The molecule has 0 amide bonds. The van der Waals surface area contributed by atoms with Crippen molar-refractivity contribution < 1.29 is 9.47 Å². The van der Waals surface area contributed by atoms with Gasteiger partial charge in [0.05, 0.1) is 0 Å². The number of hydrogen-bond acceptors (Lipinski definition) is 4. The Hall–Kier alpha value is -1.68. The van der Waals surface area contributed by atoms with Gasteiger partial charge in [0.15, 0.2) is 11.5 Å². The van der Waals surface area contributed by atoms with Gasteiger partial charge >= 0.3 is 0 Å². The fraction of sp³-hybridized carbons (Fsp3) is 0.400. The Morgan fingerprint density at radius 3 is 2.75 bits per heavy atom. The lowest BCUT2D eigenvalue weighted by molar-refractivity contribution is 0.172. The number of unbranched alkanes of at least 4 members (excludes halogenated alkanes) is 1. The van der Waals surface area contributed by atoms with Gasteiger partial charge in [0.25, 0.3) is 0 Å². The molecule has 0 spiro atoms. The number of halogens is 1. The van der Waals surface area contributed by atoms with Crippen molar-refractivity contribution in [3.63, 3.8) is 0 Å². The topological polar surface area (TPSA) is 43.4 Å².